The second-order valence-corrected chi connectivity index (χ2v) is 3.64. The van der Waals surface area contributed by atoms with E-state index in [1.165, 1.54) is 12.8 Å². The second kappa shape index (κ2) is 5.02. The van der Waals surface area contributed by atoms with Crippen molar-refractivity contribution >= 4 is 0 Å². The van der Waals surface area contributed by atoms with Gasteiger partial charge < -0.3 is 10.6 Å². The molecule has 1 aliphatic rings. The molecule has 1 saturated heterocycles. The molecule has 14 heavy (non-hydrogen) atoms. The van der Waals surface area contributed by atoms with Gasteiger partial charge >= 0.3 is 0 Å². The fourth-order valence-corrected chi connectivity index (χ4v) is 1.70. The van der Waals surface area contributed by atoms with Gasteiger partial charge in [-0.15, -0.1) is 0 Å². The van der Waals surface area contributed by atoms with Gasteiger partial charge in [-0.25, -0.2) is 0 Å². The summed E-state index contributed by atoms with van der Waals surface area (Å²) >= 11 is 0. The van der Waals surface area contributed by atoms with Crippen LogP contribution in [0.15, 0.2) is 18.3 Å². The van der Waals surface area contributed by atoms with E-state index in [0.717, 1.165) is 25.3 Å². The van der Waals surface area contributed by atoms with E-state index >= 15 is 0 Å². The van der Waals surface area contributed by atoms with Gasteiger partial charge in [-0.2, -0.15) is 10.2 Å². The van der Waals surface area contributed by atoms with Gasteiger partial charge in [-0.05, 0) is 31.5 Å². The van der Waals surface area contributed by atoms with Crippen LogP contribution in [-0.2, 0) is 6.54 Å². The van der Waals surface area contributed by atoms with Crippen LogP contribution >= 0.6 is 0 Å². The summed E-state index contributed by atoms with van der Waals surface area (Å²) in [5.74, 6) is 0. The Balaban J connectivity index is 1.76. The van der Waals surface area contributed by atoms with Gasteiger partial charge in [0.1, 0.15) is 0 Å². The minimum absolute atomic E-state index is 0.589. The van der Waals surface area contributed by atoms with Crippen LogP contribution in [0.25, 0.3) is 0 Å². The van der Waals surface area contributed by atoms with Crippen molar-refractivity contribution in [3.63, 3.8) is 0 Å². The maximum absolute atomic E-state index is 4.03. The molecule has 0 radical (unpaired) electrons. The van der Waals surface area contributed by atoms with Crippen molar-refractivity contribution in [3.8, 4) is 0 Å². The highest BCUT2D eigenvalue weighted by Crippen LogP contribution is 2.02. The van der Waals surface area contributed by atoms with E-state index in [4.69, 9.17) is 0 Å². The van der Waals surface area contributed by atoms with Crippen LogP contribution in [0, 0.1) is 0 Å². The average molecular weight is 192 g/mol. The summed E-state index contributed by atoms with van der Waals surface area (Å²) in [4.78, 5) is 0. The van der Waals surface area contributed by atoms with Crippen LogP contribution in [-0.4, -0.2) is 29.3 Å². The highest BCUT2D eigenvalue weighted by atomic mass is 15.1. The third-order valence-corrected chi connectivity index (χ3v) is 2.50. The highest BCUT2D eigenvalue weighted by molar-refractivity contribution is 4.98. The molecular formula is C10H16N4. The summed E-state index contributed by atoms with van der Waals surface area (Å²) in [5, 5.41) is 14.7. The molecule has 1 aliphatic heterocycles. The van der Waals surface area contributed by atoms with Crippen LogP contribution in [0.5, 0.6) is 0 Å². The Morgan fingerprint density at radius 2 is 2.57 bits per heavy atom. The molecule has 4 heteroatoms. The van der Waals surface area contributed by atoms with Gasteiger partial charge in [0, 0.05) is 25.3 Å². The second-order valence-electron chi connectivity index (χ2n) is 3.64. The minimum Gasteiger partial charge on any atom is -0.315 e. The Morgan fingerprint density at radius 3 is 3.29 bits per heavy atom. The fourth-order valence-electron chi connectivity index (χ4n) is 1.70. The lowest BCUT2D eigenvalue weighted by Gasteiger charge is -2.23. The molecule has 0 amide bonds. The zero-order valence-corrected chi connectivity index (χ0v) is 8.24. The minimum atomic E-state index is 0.589. The summed E-state index contributed by atoms with van der Waals surface area (Å²) in [5.41, 5.74) is 1.01. The molecule has 76 valence electrons. The summed E-state index contributed by atoms with van der Waals surface area (Å²) in [6.45, 7) is 3.05. The molecule has 2 heterocycles. The normalized spacial score (nSPS) is 22.1. The molecule has 1 fully saturated rings. The van der Waals surface area contributed by atoms with Crippen LogP contribution in [0.4, 0.5) is 0 Å². The molecule has 0 aliphatic carbocycles. The largest absolute Gasteiger partial charge is 0.315 e. The molecule has 0 spiro atoms. The quantitative estimate of drug-likeness (QED) is 0.724. The van der Waals surface area contributed by atoms with E-state index < -0.39 is 0 Å². The number of nitrogens with zero attached hydrogens (tertiary/aromatic N) is 2. The number of hydrogen-bond acceptors (Lipinski definition) is 4. The first-order chi connectivity index (χ1) is 6.95. The van der Waals surface area contributed by atoms with Crippen LogP contribution in [0.1, 0.15) is 18.5 Å². The third-order valence-electron chi connectivity index (χ3n) is 2.50. The first-order valence-corrected chi connectivity index (χ1v) is 5.16. The summed E-state index contributed by atoms with van der Waals surface area (Å²) in [7, 11) is 0. The van der Waals surface area contributed by atoms with Crippen LogP contribution < -0.4 is 10.6 Å². The average Bonchev–Trinajstić information content (AvgIpc) is 2.29. The third kappa shape index (κ3) is 2.75. The van der Waals surface area contributed by atoms with E-state index in [9.17, 15) is 0 Å². The molecule has 4 nitrogen and oxygen atoms in total. The molecule has 1 aromatic rings. The van der Waals surface area contributed by atoms with Crippen LogP contribution in [0.2, 0.25) is 0 Å². The molecule has 1 aromatic heterocycles. The molecule has 2 rings (SSSR count). The Hall–Kier alpha value is -1.00. The van der Waals surface area contributed by atoms with Gasteiger partial charge in [0.2, 0.25) is 0 Å². The Bertz CT molecular complexity index is 256. The molecule has 0 aromatic carbocycles. The SMILES string of the molecule is c1cnnc(CNC2CCCNC2)c1. The van der Waals surface area contributed by atoms with E-state index in [0.29, 0.717) is 6.04 Å². The predicted octanol–water partition coefficient (Wildman–Crippen LogP) is 0.318. The van der Waals surface area contributed by atoms with Crippen molar-refractivity contribution in [1.82, 2.24) is 20.8 Å². The van der Waals surface area contributed by atoms with Gasteiger partial charge in [0.25, 0.3) is 0 Å². The summed E-state index contributed by atoms with van der Waals surface area (Å²) < 4.78 is 0. The number of piperidine rings is 1. The topological polar surface area (TPSA) is 49.8 Å². The molecular weight excluding hydrogens is 176 g/mol. The number of nitrogens with one attached hydrogen (secondary N) is 2. The predicted molar refractivity (Wildman–Crippen MR) is 54.8 cm³/mol. The highest BCUT2D eigenvalue weighted by Gasteiger charge is 2.11. The first-order valence-electron chi connectivity index (χ1n) is 5.16. The van der Waals surface area contributed by atoms with Crippen LogP contribution in [0.3, 0.4) is 0 Å². The lowest BCUT2D eigenvalue weighted by Crippen LogP contribution is -2.42. The van der Waals surface area contributed by atoms with Gasteiger partial charge in [0.05, 0.1) is 5.69 Å². The molecule has 1 atom stereocenters. The first kappa shape index (κ1) is 9.55. The van der Waals surface area contributed by atoms with Crippen molar-refractivity contribution in [2.24, 2.45) is 0 Å². The number of aromatic nitrogens is 2. The van der Waals surface area contributed by atoms with E-state index in [1.807, 2.05) is 12.1 Å². The van der Waals surface area contributed by atoms with Crippen molar-refractivity contribution in [3.05, 3.63) is 24.0 Å². The number of hydrogen-bond donors (Lipinski definition) is 2. The van der Waals surface area contributed by atoms with Gasteiger partial charge in [0.15, 0.2) is 0 Å². The van der Waals surface area contributed by atoms with Gasteiger partial charge in [-0.3, -0.25) is 0 Å². The van der Waals surface area contributed by atoms with Crippen molar-refractivity contribution < 1.29 is 0 Å². The number of rotatable bonds is 3. The van der Waals surface area contributed by atoms with E-state index in [2.05, 4.69) is 20.8 Å². The molecule has 0 saturated carbocycles. The lowest BCUT2D eigenvalue weighted by atomic mass is 10.1. The smallest absolute Gasteiger partial charge is 0.0769 e. The fraction of sp³-hybridized carbons (Fsp3) is 0.600. The maximum atomic E-state index is 4.03. The molecule has 2 N–H and O–H groups in total. The van der Waals surface area contributed by atoms with Crippen molar-refractivity contribution in [2.45, 2.75) is 25.4 Å². The van der Waals surface area contributed by atoms with E-state index in [-0.39, 0.29) is 0 Å². The Kier molecular flexibility index (Phi) is 3.43. The summed E-state index contributed by atoms with van der Waals surface area (Å²) in [6.07, 6.45) is 4.22. The Labute approximate surface area is 84.1 Å². The van der Waals surface area contributed by atoms with Crippen molar-refractivity contribution in [1.29, 1.82) is 0 Å². The zero-order chi connectivity index (χ0) is 9.64. The van der Waals surface area contributed by atoms with Crippen molar-refractivity contribution in [2.75, 3.05) is 13.1 Å². The summed E-state index contributed by atoms with van der Waals surface area (Å²) in [6, 6.07) is 4.50. The standard InChI is InChI=1S/C10H16N4/c1-3-9(7-11-5-1)12-8-10-4-2-6-13-14-10/h2,4,6,9,11-12H,1,3,5,7-8H2. The Morgan fingerprint density at radius 1 is 1.57 bits per heavy atom. The molecule has 0 bridgehead atoms. The van der Waals surface area contributed by atoms with E-state index in [1.54, 1.807) is 6.20 Å². The monoisotopic (exact) mass is 192 g/mol. The maximum Gasteiger partial charge on any atom is 0.0769 e. The van der Waals surface area contributed by atoms with Gasteiger partial charge in [-0.1, -0.05) is 0 Å². The lowest BCUT2D eigenvalue weighted by molar-refractivity contribution is 0.387. The molecule has 1 unspecified atom stereocenters. The zero-order valence-electron chi connectivity index (χ0n) is 8.24.